The van der Waals surface area contributed by atoms with Gasteiger partial charge in [-0.2, -0.15) is 5.10 Å². The number of hydrogen-bond acceptors (Lipinski definition) is 2. The third-order valence-corrected chi connectivity index (χ3v) is 3.19. The largest absolute Gasteiger partial charge is 0.317 e. The number of nitrogens with zero attached hydrogens (tertiary/aromatic N) is 2. The van der Waals surface area contributed by atoms with Crippen molar-refractivity contribution in [1.29, 1.82) is 0 Å². The van der Waals surface area contributed by atoms with Crippen LogP contribution in [0.4, 0.5) is 0 Å². The zero-order chi connectivity index (χ0) is 9.80. The highest BCUT2D eigenvalue weighted by atomic mass is 15.2. The summed E-state index contributed by atoms with van der Waals surface area (Å²) >= 11 is 0. The molecule has 0 atom stereocenters. The van der Waals surface area contributed by atoms with Gasteiger partial charge in [-0.1, -0.05) is 0 Å². The van der Waals surface area contributed by atoms with E-state index >= 15 is 0 Å². The molecule has 0 saturated carbocycles. The highest BCUT2D eigenvalue weighted by molar-refractivity contribution is 5.00. The smallest absolute Gasteiger partial charge is 0.0492 e. The van der Waals surface area contributed by atoms with Gasteiger partial charge in [-0.05, 0) is 50.8 Å². The molecule has 2 rings (SSSR count). The van der Waals surface area contributed by atoms with Crippen molar-refractivity contribution in [2.75, 3.05) is 13.1 Å². The molecule has 0 aromatic carbocycles. The monoisotopic (exact) mass is 193 g/mol. The fraction of sp³-hybridized carbons (Fsp3) is 0.727. The Labute approximate surface area is 85.5 Å². The molecule has 1 N–H and O–H groups in total. The number of nitrogens with one attached hydrogen (secondary N) is 1. The average molecular weight is 193 g/mol. The first-order valence-electron chi connectivity index (χ1n) is 5.54. The second-order valence-electron chi connectivity index (χ2n) is 4.18. The van der Waals surface area contributed by atoms with E-state index in [2.05, 4.69) is 16.5 Å². The highest BCUT2D eigenvalue weighted by Crippen LogP contribution is 2.18. The Kier molecular flexibility index (Phi) is 3.19. The van der Waals surface area contributed by atoms with E-state index in [9.17, 15) is 0 Å². The highest BCUT2D eigenvalue weighted by Gasteiger charge is 2.13. The third-order valence-electron chi connectivity index (χ3n) is 3.19. The lowest BCUT2D eigenvalue weighted by Crippen LogP contribution is -2.28. The average Bonchev–Trinajstić information content (AvgIpc) is 2.63. The number of aromatic nitrogens is 2. The molecule has 0 radical (unpaired) electrons. The quantitative estimate of drug-likeness (QED) is 0.785. The van der Waals surface area contributed by atoms with Crippen molar-refractivity contribution in [3.8, 4) is 0 Å². The normalized spacial score (nSPS) is 18.6. The lowest BCUT2D eigenvalue weighted by atomic mass is 9.92. The van der Waals surface area contributed by atoms with E-state index in [1.807, 2.05) is 17.9 Å². The van der Waals surface area contributed by atoms with Crippen molar-refractivity contribution in [1.82, 2.24) is 15.1 Å². The lowest BCUT2D eigenvalue weighted by molar-refractivity contribution is 0.352. The molecular formula is C11H19N3. The molecule has 0 bridgehead atoms. The van der Waals surface area contributed by atoms with E-state index in [0.29, 0.717) is 0 Å². The standard InChI is InChI=1S/C11H19N3/c1-14-11(6-9-13-14)3-2-10-4-7-12-8-5-10/h6,9-10,12H,2-5,7-8H2,1H3. The van der Waals surface area contributed by atoms with Crippen LogP contribution in [0, 0.1) is 5.92 Å². The molecule has 1 saturated heterocycles. The first-order chi connectivity index (χ1) is 6.86. The first kappa shape index (κ1) is 9.71. The maximum atomic E-state index is 4.18. The molecule has 2 heterocycles. The van der Waals surface area contributed by atoms with E-state index in [0.717, 1.165) is 5.92 Å². The van der Waals surface area contributed by atoms with Crippen molar-refractivity contribution in [2.45, 2.75) is 25.7 Å². The van der Waals surface area contributed by atoms with E-state index in [1.54, 1.807) is 0 Å². The zero-order valence-corrected chi connectivity index (χ0v) is 8.87. The molecule has 1 aromatic rings. The van der Waals surface area contributed by atoms with Crippen molar-refractivity contribution in [2.24, 2.45) is 13.0 Å². The van der Waals surface area contributed by atoms with E-state index in [-0.39, 0.29) is 0 Å². The Hall–Kier alpha value is -0.830. The molecule has 14 heavy (non-hydrogen) atoms. The van der Waals surface area contributed by atoms with Crippen LogP contribution in [0.1, 0.15) is 25.0 Å². The van der Waals surface area contributed by atoms with Gasteiger partial charge >= 0.3 is 0 Å². The topological polar surface area (TPSA) is 29.9 Å². The molecule has 1 aliphatic heterocycles. The van der Waals surface area contributed by atoms with Crippen LogP contribution >= 0.6 is 0 Å². The SMILES string of the molecule is Cn1nccc1CCC1CCNCC1. The van der Waals surface area contributed by atoms with Crippen molar-refractivity contribution >= 4 is 0 Å². The van der Waals surface area contributed by atoms with Crippen molar-refractivity contribution in [3.05, 3.63) is 18.0 Å². The van der Waals surface area contributed by atoms with Crippen LogP contribution in [0.3, 0.4) is 0 Å². The molecule has 0 amide bonds. The lowest BCUT2D eigenvalue weighted by Gasteiger charge is -2.22. The fourth-order valence-corrected chi connectivity index (χ4v) is 2.17. The molecular weight excluding hydrogens is 174 g/mol. The molecule has 0 aliphatic carbocycles. The second kappa shape index (κ2) is 4.60. The van der Waals surface area contributed by atoms with Crippen molar-refractivity contribution in [3.63, 3.8) is 0 Å². The van der Waals surface area contributed by atoms with Crippen LogP contribution in [0.2, 0.25) is 0 Å². The Morgan fingerprint density at radius 3 is 2.93 bits per heavy atom. The zero-order valence-electron chi connectivity index (χ0n) is 8.87. The summed E-state index contributed by atoms with van der Waals surface area (Å²) < 4.78 is 1.99. The number of piperidine rings is 1. The summed E-state index contributed by atoms with van der Waals surface area (Å²) in [4.78, 5) is 0. The van der Waals surface area contributed by atoms with Gasteiger partial charge in [0.1, 0.15) is 0 Å². The molecule has 1 aliphatic rings. The summed E-state index contributed by atoms with van der Waals surface area (Å²) in [5.74, 6) is 0.922. The van der Waals surface area contributed by atoms with E-state index < -0.39 is 0 Å². The van der Waals surface area contributed by atoms with Crippen LogP contribution in [-0.4, -0.2) is 22.9 Å². The van der Waals surface area contributed by atoms with Crippen molar-refractivity contribution < 1.29 is 0 Å². The first-order valence-corrected chi connectivity index (χ1v) is 5.54. The van der Waals surface area contributed by atoms with Gasteiger partial charge in [0.2, 0.25) is 0 Å². The number of hydrogen-bond donors (Lipinski definition) is 1. The van der Waals surface area contributed by atoms with Gasteiger partial charge in [-0.3, -0.25) is 4.68 Å². The summed E-state index contributed by atoms with van der Waals surface area (Å²) in [5.41, 5.74) is 1.36. The van der Waals surface area contributed by atoms with Crippen LogP contribution in [-0.2, 0) is 13.5 Å². The molecule has 1 fully saturated rings. The predicted octanol–water partition coefficient (Wildman–Crippen LogP) is 1.35. The molecule has 3 nitrogen and oxygen atoms in total. The molecule has 0 unspecified atom stereocenters. The Balaban J connectivity index is 1.79. The maximum Gasteiger partial charge on any atom is 0.0492 e. The Morgan fingerprint density at radius 2 is 2.29 bits per heavy atom. The molecule has 3 heteroatoms. The van der Waals surface area contributed by atoms with Gasteiger partial charge in [0.15, 0.2) is 0 Å². The van der Waals surface area contributed by atoms with Gasteiger partial charge in [0.05, 0.1) is 0 Å². The summed E-state index contributed by atoms with van der Waals surface area (Å²) in [6, 6.07) is 2.13. The van der Waals surface area contributed by atoms with Crippen LogP contribution in [0.5, 0.6) is 0 Å². The Morgan fingerprint density at radius 1 is 1.50 bits per heavy atom. The van der Waals surface area contributed by atoms with Crippen LogP contribution < -0.4 is 5.32 Å². The van der Waals surface area contributed by atoms with Gasteiger partial charge in [-0.25, -0.2) is 0 Å². The number of aryl methyl sites for hydroxylation is 2. The minimum absolute atomic E-state index is 0.922. The second-order valence-corrected chi connectivity index (χ2v) is 4.18. The minimum atomic E-state index is 0.922. The fourth-order valence-electron chi connectivity index (χ4n) is 2.17. The van der Waals surface area contributed by atoms with Gasteiger partial charge in [0, 0.05) is 18.9 Å². The van der Waals surface area contributed by atoms with Crippen LogP contribution in [0.25, 0.3) is 0 Å². The third kappa shape index (κ3) is 2.35. The summed E-state index contributed by atoms with van der Waals surface area (Å²) in [7, 11) is 2.03. The summed E-state index contributed by atoms with van der Waals surface area (Å²) in [6.07, 6.45) is 7.08. The van der Waals surface area contributed by atoms with Crippen LogP contribution in [0.15, 0.2) is 12.3 Å². The van der Waals surface area contributed by atoms with E-state index in [1.165, 1.54) is 44.5 Å². The predicted molar refractivity (Wildman–Crippen MR) is 57.1 cm³/mol. The van der Waals surface area contributed by atoms with E-state index in [4.69, 9.17) is 0 Å². The summed E-state index contributed by atoms with van der Waals surface area (Å²) in [5, 5.41) is 7.59. The molecule has 0 spiro atoms. The molecule has 78 valence electrons. The summed E-state index contributed by atoms with van der Waals surface area (Å²) in [6.45, 7) is 2.41. The van der Waals surface area contributed by atoms with Gasteiger partial charge < -0.3 is 5.32 Å². The van der Waals surface area contributed by atoms with Gasteiger partial charge in [-0.15, -0.1) is 0 Å². The maximum absolute atomic E-state index is 4.18. The Bertz CT molecular complexity index is 274. The molecule has 1 aromatic heterocycles. The number of rotatable bonds is 3. The van der Waals surface area contributed by atoms with Gasteiger partial charge in [0.25, 0.3) is 0 Å². The minimum Gasteiger partial charge on any atom is -0.317 e.